The SMILES string of the molecule is CCN(CC)C(=O)c1sc(NC(=S)Nc2nn(Cc3ccc(C)cc3)cc2Br)c(C(=O)OC)c1C. The predicted molar refractivity (Wildman–Crippen MR) is 148 cm³/mol. The molecule has 186 valence electrons. The summed E-state index contributed by atoms with van der Waals surface area (Å²) in [7, 11) is 1.31. The highest BCUT2D eigenvalue weighted by Crippen LogP contribution is 2.35. The van der Waals surface area contributed by atoms with Crippen LogP contribution in [0.3, 0.4) is 0 Å². The summed E-state index contributed by atoms with van der Waals surface area (Å²) in [5.74, 6) is -0.139. The van der Waals surface area contributed by atoms with Crippen LogP contribution in [0.4, 0.5) is 10.8 Å². The van der Waals surface area contributed by atoms with E-state index in [-0.39, 0.29) is 11.0 Å². The van der Waals surface area contributed by atoms with Crippen LogP contribution >= 0.6 is 39.5 Å². The molecule has 0 aliphatic carbocycles. The van der Waals surface area contributed by atoms with Crippen LogP contribution in [0, 0.1) is 13.8 Å². The van der Waals surface area contributed by atoms with Gasteiger partial charge in [-0.25, -0.2) is 4.79 Å². The molecule has 0 unspecified atom stereocenters. The van der Waals surface area contributed by atoms with Gasteiger partial charge >= 0.3 is 5.97 Å². The molecule has 1 amide bonds. The second-order valence-electron chi connectivity index (χ2n) is 7.82. The first-order valence-corrected chi connectivity index (χ1v) is 13.1. The van der Waals surface area contributed by atoms with Crippen molar-refractivity contribution in [1.82, 2.24) is 14.7 Å². The number of esters is 1. The summed E-state index contributed by atoms with van der Waals surface area (Å²) in [6.07, 6.45) is 1.86. The van der Waals surface area contributed by atoms with Crippen molar-refractivity contribution in [2.24, 2.45) is 0 Å². The molecule has 2 N–H and O–H groups in total. The van der Waals surface area contributed by atoms with Gasteiger partial charge in [0, 0.05) is 19.3 Å². The third-order valence-corrected chi connectivity index (χ3v) is 7.40. The number of aryl methyl sites for hydroxylation is 1. The van der Waals surface area contributed by atoms with E-state index < -0.39 is 5.97 Å². The number of nitrogens with one attached hydrogen (secondary N) is 2. The molecule has 3 aromatic rings. The molecule has 0 bridgehead atoms. The summed E-state index contributed by atoms with van der Waals surface area (Å²) in [5.41, 5.74) is 3.18. The summed E-state index contributed by atoms with van der Waals surface area (Å²) in [5, 5.41) is 11.4. The number of anilines is 2. The Labute approximate surface area is 222 Å². The van der Waals surface area contributed by atoms with Crippen LogP contribution in [0.5, 0.6) is 0 Å². The molecule has 1 aromatic carbocycles. The second-order valence-corrected chi connectivity index (χ2v) is 10.1. The highest BCUT2D eigenvalue weighted by atomic mass is 79.9. The van der Waals surface area contributed by atoms with Crippen molar-refractivity contribution < 1.29 is 14.3 Å². The lowest BCUT2D eigenvalue weighted by Gasteiger charge is -2.17. The minimum atomic E-state index is -0.536. The third-order valence-electron chi connectivity index (χ3n) is 5.42. The van der Waals surface area contributed by atoms with Crippen molar-refractivity contribution in [3.8, 4) is 0 Å². The average Bonchev–Trinajstić information content (AvgIpc) is 3.33. The van der Waals surface area contributed by atoms with Crippen molar-refractivity contribution in [3.05, 3.63) is 62.1 Å². The Kier molecular flexibility index (Phi) is 9.03. The van der Waals surface area contributed by atoms with Gasteiger partial charge in [-0.2, -0.15) is 5.10 Å². The average molecular weight is 579 g/mol. The number of rotatable bonds is 8. The molecule has 0 aliphatic heterocycles. The summed E-state index contributed by atoms with van der Waals surface area (Å²) < 4.78 is 7.51. The number of benzene rings is 1. The molecule has 0 atom stereocenters. The molecule has 35 heavy (non-hydrogen) atoms. The molecule has 0 spiro atoms. The van der Waals surface area contributed by atoms with Gasteiger partial charge in [0.25, 0.3) is 5.91 Å². The summed E-state index contributed by atoms with van der Waals surface area (Å²) in [6.45, 7) is 9.37. The number of hydrogen-bond donors (Lipinski definition) is 2. The lowest BCUT2D eigenvalue weighted by atomic mass is 10.1. The number of nitrogens with zero attached hydrogens (tertiary/aromatic N) is 3. The summed E-state index contributed by atoms with van der Waals surface area (Å²) in [6, 6.07) is 8.25. The van der Waals surface area contributed by atoms with Crippen LogP contribution in [0.2, 0.25) is 0 Å². The number of methoxy groups -OCH3 is 1. The molecule has 0 aliphatic rings. The fraction of sp³-hybridized carbons (Fsp3) is 0.333. The maximum absolute atomic E-state index is 13.0. The monoisotopic (exact) mass is 577 g/mol. The highest BCUT2D eigenvalue weighted by molar-refractivity contribution is 9.10. The number of carbonyl (C=O) groups is 2. The number of hydrogen-bond acceptors (Lipinski definition) is 6. The Morgan fingerprint density at radius 2 is 1.83 bits per heavy atom. The topological polar surface area (TPSA) is 88.5 Å². The first kappa shape index (κ1) is 26.8. The van der Waals surface area contributed by atoms with E-state index in [4.69, 9.17) is 17.0 Å². The summed E-state index contributed by atoms with van der Waals surface area (Å²) >= 11 is 10.2. The minimum Gasteiger partial charge on any atom is -0.465 e. The van der Waals surface area contributed by atoms with Crippen molar-refractivity contribution >= 4 is 67.3 Å². The van der Waals surface area contributed by atoms with Gasteiger partial charge in [0.1, 0.15) is 5.00 Å². The number of aromatic nitrogens is 2. The molecule has 2 heterocycles. The Hall–Kier alpha value is -2.76. The van der Waals surface area contributed by atoms with Gasteiger partial charge in [-0.1, -0.05) is 29.8 Å². The van der Waals surface area contributed by atoms with Crippen molar-refractivity contribution in [2.45, 2.75) is 34.2 Å². The zero-order chi connectivity index (χ0) is 25.7. The maximum Gasteiger partial charge on any atom is 0.341 e. The van der Waals surface area contributed by atoms with E-state index in [1.54, 1.807) is 16.5 Å². The largest absolute Gasteiger partial charge is 0.465 e. The Bertz CT molecular complexity index is 1230. The van der Waals surface area contributed by atoms with Crippen LogP contribution in [0.1, 0.15) is 50.6 Å². The number of halogens is 1. The molecular formula is C24H28BrN5O3S2. The quantitative estimate of drug-likeness (QED) is 0.272. The molecule has 11 heteroatoms. The van der Waals surface area contributed by atoms with Gasteiger partial charge in [-0.3, -0.25) is 9.48 Å². The van der Waals surface area contributed by atoms with E-state index >= 15 is 0 Å². The third kappa shape index (κ3) is 6.28. The Morgan fingerprint density at radius 1 is 1.17 bits per heavy atom. The summed E-state index contributed by atoms with van der Waals surface area (Å²) in [4.78, 5) is 27.7. The van der Waals surface area contributed by atoms with Gasteiger partial charge in [-0.15, -0.1) is 11.3 Å². The van der Waals surface area contributed by atoms with E-state index in [1.807, 2.05) is 27.0 Å². The lowest BCUT2D eigenvalue weighted by Crippen LogP contribution is -2.30. The van der Waals surface area contributed by atoms with Gasteiger partial charge < -0.3 is 20.3 Å². The van der Waals surface area contributed by atoms with Gasteiger partial charge in [0.2, 0.25) is 0 Å². The highest BCUT2D eigenvalue weighted by Gasteiger charge is 2.27. The second kappa shape index (κ2) is 11.8. The smallest absolute Gasteiger partial charge is 0.341 e. The van der Waals surface area contributed by atoms with E-state index in [2.05, 4.69) is 55.9 Å². The fourth-order valence-corrected chi connectivity index (χ4v) is 5.34. The normalized spacial score (nSPS) is 10.7. The van der Waals surface area contributed by atoms with Crippen LogP contribution in [-0.4, -0.2) is 51.9 Å². The van der Waals surface area contributed by atoms with Gasteiger partial charge in [-0.05, 0) is 67.0 Å². The molecule has 8 nitrogen and oxygen atoms in total. The maximum atomic E-state index is 13.0. The Balaban J connectivity index is 1.80. The molecule has 0 fully saturated rings. The lowest BCUT2D eigenvalue weighted by molar-refractivity contribution is 0.0601. The standard InChI is InChI=1S/C24H28BrN5O3S2/c1-6-29(7-2)22(31)19-15(4)18(23(32)33-5)21(35-19)27-24(34)26-20-17(25)13-30(28-20)12-16-10-8-14(3)9-11-16/h8-11,13H,6-7,12H2,1-5H3,(H2,26,27,28,34). The molecule has 0 saturated carbocycles. The van der Waals surface area contributed by atoms with Crippen molar-refractivity contribution in [1.29, 1.82) is 0 Å². The van der Waals surface area contributed by atoms with Gasteiger partial charge in [0.15, 0.2) is 10.9 Å². The van der Waals surface area contributed by atoms with Crippen LogP contribution in [0.25, 0.3) is 0 Å². The van der Waals surface area contributed by atoms with Crippen molar-refractivity contribution in [2.75, 3.05) is 30.8 Å². The zero-order valence-corrected chi connectivity index (χ0v) is 23.5. The molecule has 3 rings (SSSR count). The molecule has 0 radical (unpaired) electrons. The number of amides is 1. The van der Waals surface area contributed by atoms with Crippen LogP contribution in [-0.2, 0) is 11.3 Å². The molecule has 0 saturated heterocycles. The van der Waals surface area contributed by atoms with E-state index in [1.165, 1.54) is 24.0 Å². The fourth-order valence-electron chi connectivity index (χ4n) is 3.49. The van der Waals surface area contributed by atoms with E-state index in [0.717, 1.165) is 10.0 Å². The van der Waals surface area contributed by atoms with Crippen LogP contribution < -0.4 is 10.6 Å². The molecule has 2 aromatic heterocycles. The number of ether oxygens (including phenoxy) is 1. The number of carbonyl (C=O) groups excluding carboxylic acids is 2. The first-order valence-electron chi connectivity index (χ1n) is 11.1. The van der Waals surface area contributed by atoms with E-state index in [9.17, 15) is 9.59 Å². The van der Waals surface area contributed by atoms with E-state index in [0.29, 0.717) is 46.5 Å². The minimum absolute atomic E-state index is 0.132. The number of thiocarbonyl (C=S) groups is 1. The van der Waals surface area contributed by atoms with Gasteiger partial charge in [0.05, 0.1) is 28.6 Å². The molecular weight excluding hydrogens is 550 g/mol. The number of thiophene rings is 1. The Morgan fingerprint density at radius 3 is 2.43 bits per heavy atom. The predicted octanol–water partition coefficient (Wildman–Crippen LogP) is 5.45. The zero-order valence-electron chi connectivity index (χ0n) is 20.3. The van der Waals surface area contributed by atoms with Crippen molar-refractivity contribution in [3.63, 3.8) is 0 Å². The van der Waals surface area contributed by atoms with Crippen LogP contribution in [0.15, 0.2) is 34.9 Å². The first-order chi connectivity index (χ1) is 16.7.